The summed E-state index contributed by atoms with van der Waals surface area (Å²) in [5.41, 5.74) is 6.66. The van der Waals surface area contributed by atoms with E-state index in [1.54, 1.807) is 0 Å². The molecule has 3 amide bonds. The molecule has 1 fully saturated rings. The van der Waals surface area contributed by atoms with Crippen molar-refractivity contribution < 1.29 is 14.4 Å². The summed E-state index contributed by atoms with van der Waals surface area (Å²) in [7, 11) is 1.85. The molecule has 2 aromatic rings. The van der Waals surface area contributed by atoms with Gasteiger partial charge < -0.3 is 9.88 Å². The number of hydrogen-bond donors (Lipinski definition) is 3. The predicted molar refractivity (Wildman–Crippen MR) is 114 cm³/mol. The molecule has 1 aliphatic rings. The Bertz CT molecular complexity index is 915. The Kier molecular flexibility index (Phi) is 7.07. The summed E-state index contributed by atoms with van der Waals surface area (Å²) in [6, 6.07) is 6.94. The number of nitrogens with zero attached hydrogens (tertiary/aromatic N) is 2. The third-order valence-corrected chi connectivity index (χ3v) is 5.75. The van der Waals surface area contributed by atoms with Gasteiger partial charge >= 0.3 is 0 Å². The molecule has 0 spiro atoms. The first-order valence-electron chi connectivity index (χ1n) is 10.7. The van der Waals surface area contributed by atoms with E-state index in [0.717, 1.165) is 43.1 Å². The van der Waals surface area contributed by atoms with Crippen molar-refractivity contribution >= 4 is 28.8 Å². The van der Waals surface area contributed by atoms with Crippen LogP contribution in [0.25, 0.3) is 11.0 Å². The summed E-state index contributed by atoms with van der Waals surface area (Å²) >= 11 is 0. The van der Waals surface area contributed by atoms with Gasteiger partial charge in [-0.2, -0.15) is 0 Å². The molecule has 1 aromatic heterocycles. The molecule has 30 heavy (non-hydrogen) atoms. The number of carbonyl (C=O) groups is 3. The second kappa shape index (κ2) is 9.73. The quantitative estimate of drug-likeness (QED) is 0.630. The number of rotatable bonds is 6. The summed E-state index contributed by atoms with van der Waals surface area (Å²) in [6.45, 7) is 3.74. The van der Waals surface area contributed by atoms with Crippen LogP contribution < -0.4 is 16.2 Å². The van der Waals surface area contributed by atoms with E-state index in [2.05, 4.69) is 21.2 Å². The summed E-state index contributed by atoms with van der Waals surface area (Å²) in [4.78, 5) is 41.9. The number of imidazole rings is 1. The highest BCUT2D eigenvalue weighted by Gasteiger charge is 2.28. The van der Waals surface area contributed by atoms with Crippen LogP contribution in [0, 0.1) is 11.8 Å². The Morgan fingerprint density at radius 3 is 2.47 bits per heavy atom. The van der Waals surface area contributed by atoms with Crippen molar-refractivity contribution in [2.24, 2.45) is 18.9 Å². The van der Waals surface area contributed by atoms with Crippen LogP contribution >= 0.6 is 0 Å². The lowest BCUT2D eigenvalue weighted by Crippen LogP contribution is -2.55. The van der Waals surface area contributed by atoms with Crippen molar-refractivity contribution in [2.75, 3.05) is 0 Å². The van der Waals surface area contributed by atoms with Gasteiger partial charge in [0.2, 0.25) is 11.8 Å². The summed E-state index contributed by atoms with van der Waals surface area (Å²) in [5.74, 6) is -0.395. The second-order valence-electron chi connectivity index (χ2n) is 8.36. The van der Waals surface area contributed by atoms with Gasteiger partial charge in [0, 0.05) is 13.0 Å². The zero-order valence-corrected chi connectivity index (χ0v) is 17.9. The number of fused-ring (bicyclic) bond motifs is 1. The molecule has 8 heteroatoms. The second-order valence-corrected chi connectivity index (χ2v) is 8.36. The van der Waals surface area contributed by atoms with Gasteiger partial charge in [-0.3, -0.25) is 25.2 Å². The van der Waals surface area contributed by atoms with Crippen LogP contribution in [0.5, 0.6) is 0 Å². The Morgan fingerprint density at radius 2 is 1.80 bits per heavy atom. The number of nitrogens with one attached hydrogen (secondary N) is 3. The fourth-order valence-corrected chi connectivity index (χ4v) is 3.92. The van der Waals surface area contributed by atoms with Crippen LogP contribution in [-0.2, 0) is 27.9 Å². The van der Waals surface area contributed by atoms with E-state index >= 15 is 0 Å². The number of benzene rings is 1. The number of para-hydroxylation sites is 2. The minimum Gasteiger partial charge on any atom is -0.344 e. The molecule has 0 unspecified atom stereocenters. The lowest BCUT2D eigenvalue weighted by Gasteiger charge is -2.26. The number of aryl methyl sites for hydroxylation is 1. The predicted octanol–water partition coefficient (Wildman–Crippen LogP) is 1.98. The van der Waals surface area contributed by atoms with Gasteiger partial charge in [-0.1, -0.05) is 45.2 Å². The van der Waals surface area contributed by atoms with Gasteiger partial charge in [-0.25, -0.2) is 4.98 Å². The fourth-order valence-electron chi connectivity index (χ4n) is 3.92. The molecule has 1 atom stereocenters. The van der Waals surface area contributed by atoms with E-state index in [1.807, 2.05) is 49.7 Å². The zero-order chi connectivity index (χ0) is 21.7. The molecule has 1 aliphatic carbocycles. The molecular weight excluding hydrogens is 382 g/mol. The maximum Gasteiger partial charge on any atom is 0.261 e. The molecule has 1 saturated carbocycles. The first kappa shape index (κ1) is 21.8. The van der Waals surface area contributed by atoms with Crippen molar-refractivity contribution in [3.05, 3.63) is 30.1 Å². The van der Waals surface area contributed by atoms with E-state index in [9.17, 15) is 14.4 Å². The van der Waals surface area contributed by atoms with Crippen LogP contribution in [0.15, 0.2) is 24.3 Å². The number of hydrazine groups is 1. The minimum absolute atomic E-state index is 0.0278. The molecule has 0 radical (unpaired) electrons. The number of hydrogen-bond acceptors (Lipinski definition) is 4. The van der Waals surface area contributed by atoms with Crippen molar-refractivity contribution in [3.63, 3.8) is 0 Å². The summed E-state index contributed by atoms with van der Waals surface area (Å²) in [6.07, 6.45) is 5.03. The van der Waals surface area contributed by atoms with Gasteiger partial charge in [-0.15, -0.1) is 0 Å². The highest BCUT2D eigenvalue weighted by atomic mass is 16.2. The summed E-state index contributed by atoms with van der Waals surface area (Å²) in [5, 5.41) is 2.87. The third kappa shape index (κ3) is 5.17. The maximum atomic E-state index is 12.6. The Hall–Kier alpha value is -2.90. The van der Waals surface area contributed by atoms with Crippen LogP contribution in [-0.4, -0.2) is 33.3 Å². The van der Waals surface area contributed by atoms with Crippen LogP contribution in [0.2, 0.25) is 0 Å². The molecule has 3 N–H and O–H groups in total. The number of carbonyl (C=O) groups excluding carboxylic acids is 3. The molecular formula is C22H31N5O3. The van der Waals surface area contributed by atoms with Crippen molar-refractivity contribution in [1.29, 1.82) is 0 Å². The molecule has 1 aromatic carbocycles. The fraction of sp³-hybridized carbons (Fsp3) is 0.545. The number of amides is 3. The zero-order valence-electron chi connectivity index (χ0n) is 17.9. The molecule has 162 valence electrons. The lowest BCUT2D eigenvalue weighted by atomic mass is 9.88. The van der Waals surface area contributed by atoms with Crippen molar-refractivity contribution in [1.82, 2.24) is 25.7 Å². The average Bonchev–Trinajstić information content (AvgIpc) is 3.06. The van der Waals surface area contributed by atoms with Crippen LogP contribution in [0.4, 0.5) is 0 Å². The maximum absolute atomic E-state index is 12.6. The minimum atomic E-state index is -0.699. The first-order chi connectivity index (χ1) is 14.4. The van der Waals surface area contributed by atoms with E-state index in [0.29, 0.717) is 5.82 Å². The lowest BCUT2D eigenvalue weighted by molar-refractivity contribution is -0.134. The molecule has 0 saturated heterocycles. The SMILES string of the molecule is CC(C)[C@@H](NC(=O)C1CCCCC1)C(=O)NNC(=O)Cc1nc2ccccc2n1C. The smallest absolute Gasteiger partial charge is 0.261 e. The Labute approximate surface area is 176 Å². The Morgan fingerprint density at radius 1 is 1.10 bits per heavy atom. The topological polar surface area (TPSA) is 105 Å². The van der Waals surface area contributed by atoms with E-state index in [4.69, 9.17) is 0 Å². The standard InChI is InChI=1S/C22H31N5O3/c1-14(2)20(24-21(29)15-9-5-4-6-10-15)22(30)26-25-19(28)13-18-23-16-11-7-8-12-17(16)27(18)3/h7-8,11-12,14-15,20H,4-6,9-10,13H2,1-3H3,(H,24,29)(H,25,28)(H,26,30)/t20-/m1/s1. The highest BCUT2D eigenvalue weighted by molar-refractivity contribution is 5.90. The van der Waals surface area contributed by atoms with Crippen LogP contribution in [0.1, 0.15) is 51.8 Å². The molecule has 0 bridgehead atoms. The molecule has 0 aliphatic heterocycles. The summed E-state index contributed by atoms with van der Waals surface area (Å²) < 4.78 is 1.86. The molecule has 1 heterocycles. The van der Waals surface area contributed by atoms with E-state index in [1.165, 1.54) is 0 Å². The average molecular weight is 414 g/mol. The van der Waals surface area contributed by atoms with E-state index < -0.39 is 11.9 Å². The molecule has 8 nitrogen and oxygen atoms in total. The Balaban J connectivity index is 1.54. The third-order valence-electron chi connectivity index (χ3n) is 5.75. The van der Waals surface area contributed by atoms with E-state index in [-0.39, 0.29) is 30.1 Å². The first-order valence-corrected chi connectivity index (χ1v) is 10.7. The number of aromatic nitrogens is 2. The van der Waals surface area contributed by atoms with Crippen molar-refractivity contribution in [3.8, 4) is 0 Å². The van der Waals surface area contributed by atoms with Crippen molar-refractivity contribution in [2.45, 2.75) is 58.4 Å². The highest BCUT2D eigenvalue weighted by Crippen LogP contribution is 2.24. The van der Waals surface area contributed by atoms with Crippen LogP contribution in [0.3, 0.4) is 0 Å². The van der Waals surface area contributed by atoms with Gasteiger partial charge in [0.15, 0.2) is 0 Å². The van der Waals surface area contributed by atoms with Gasteiger partial charge in [0.25, 0.3) is 5.91 Å². The largest absolute Gasteiger partial charge is 0.344 e. The molecule has 3 rings (SSSR count). The van der Waals surface area contributed by atoms with Gasteiger partial charge in [0.1, 0.15) is 11.9 Å². The van der Waals surface area contributed by atoms with Gasteiger partial charge in [0.05, 0.1) is 17.5 Å². The van der Waals surface area contributed by atoms with Gasteiger partial charge in [-0.05, 0) is 30.9 Å². The normalized spacial score (nSPS) is 15.7. The monoisotopic (exact) mass is 413 g/mol.